The molecule has 9 nitrogen and oxygen atoms in total. The number of nitro groups is 1. The number of hydrogen-bond acceptors (Lipinski definition) is 8. The number of ether oxygens (including phenoxy) is 1. The summed E-state index contributed by atoms with van der Waals surface area (Å²) in [5, 5.41) is 14.5. The van der Waals surface area contributed by atoms with Crippen LogP contribution in [0.3, 0.4) is 0 Å². The quantitative estimate of drug-likeness (QED) is 0.477. The first kappa shape index (κ1) is 17.6. The van der Waals surface area contributed by atoms with Crippen LogP contribution in [-0.2, 0) is 4.74 Å². The zero-order chi connectivity index (χ0) is 18.5. The molecule has 1 N–H and O–H groups in total. The Bertz CT molecular complexity index is 803. The van der Waals surface area contributed by atoms with Crippen LogP contribution in [0.1, 0.15) is 30.1 Å². The minimum Gasteiger partial charge on any atom is -0.462 e. The zero-order valence-electron chi connectivity index (χ0n) is 14.3. The van der Waals surface area contributed by atoms with Gasteiger partial charge < -0.3 is 15.0 Å². The molecule has 1 aromatic carbocycles. The van der Waals surface area contributed by atoms with Crippen molar-refractivity contribution in [3.8, 4) is 0 Å². The second kappa shape index (κ2) is 7.77. The topological polar surface area (TPSA) is 110 Å². The van der Waals surface area contributed by atoms with E-state index in [1.165, 1.54) is 6.33 Å². The van der Waals surface area contributed by atoms with Gasteiger partial charge in [0.1, 0.15) is 6.33 Å². The van der Waals surface area contributed by atoms with Crippen molar-refractivity contribution >= 4 is 29.0 Å². The van der Waals surface area contributed by atoms with E-state index in [1.54, 1.807) is 31.2 Å². The lowest BCUT2D eigenvalue weighted by molar-refractivity contribution is -0.383. The van der Waals surface area contributed by atoms with Crippen molar-refractivity contribution in [1.29, 1.82) is 0 Å². The van der Waals surface area contributed by atoms with Crippen molar-refractivity contribution in [3.63, 3.8) is 0 Å². The monoisotopic (exact) mass is 357 g/mol. The van der Waals surface area contributed by atoms with Crippen LogP contribution < -0.4 is 10.2 Å². The second-order valence-electron chi connectivity index (χ2n) is 5.77. The van der Waals surface area contributed by atoms with Crippen LogP contribution in [0, 0.1) is 10.1 Å². The van der Waals surface area contributed by atoms with Crippen molar-refractivity contribution in [2.24, 2.45) is 0 Å². The summed E-state index contributed by atoms with van der Waals surface area (Å²) in [5.41, 5.74) is 0.837. The van der Waals surface area contributed by atoms with Crippen LogP contribution in [0.25, 0.3) is 0 Å². The fourth-order valence-corrected chi connectivity index (χ4v) is 2.83. The van der Waals surface area contributed by atoms with Crippen molar-refractivity contribution < 1.29 is 14.5 Å². The molecule has 0 atom stereocenters. The molecule has 136 valence electrons. The Hall–Kier alpha value is -3.23. The standard InChI is InChI=1S/C17H19N5O4/c1-2-26-17(23)12-5-7-13(8-6-12)20-15-14(22(24)25)16(19-11-18-15)21-9-3-4-10-21/h5-8,11H,2-4,9-10H2,1H3,(H,18,19,20). The molecule has 0 radical (unpaired) electrons. The van der Waals surface area contributed by atoms with E-state index in [9.17, 15) is 14.9 Å². The van der Waals surface area contributed by atoms with Crippen molar-refractivity contribution in [2.75, 3.05) is 29.9 Å². The van der Waals surface area contributed by atoms with Gasteiger partial charge >= 0.3 is 11.7 Å². The Balaban J connectivity index is 1.86. The number of esters is 1. The van der Waals surface area contributed by atoms with Gasteiger partial charge in [0, 0.05) is 18.8 Å². The lowest BCUT2D eigenvalue weighted by atomic mass is 10.2. The first-order chi connectivity index (χ1) is 12.6. The molecule has 9 heteroatoms. The summed E-state index contributed by atoms with van der Waals surface area (Å²) in [5.74, 6) is 0.0346. The van der Waals surface area contributed by atoms with E-state index < -0.39 is 10.9 Å². The molecule has 1 saturated heterocycles. The third kappa shape index (κ3) is 3.71. The number of benzene rings is 1. The molecule has 3 rings (SSSR count). The Morgan fingerprint density at radius 2 is 1.96 bits per heavy atom. The van der Waals surface area contributed by atoms with Gasteiger partial charge in [-0.05, 0) is 44.0 Å². The predicted molar refractivity (Wildman–Crippen MR) is 95.8 cm³/mol. The highest BCUT2D eigenvalue weighted by Crippen LogP contribution is 2.34. The van der Waals surface area contributed by atoms with E-state index in [-0.39, 0.29) is 11.5 Å². The van der Waals surface area contributed by atoms with E-state index in [0.717, 1.165) is 25.9 Å². The molecule has 0 bridgehead atoms. The van der Waals surface area contributed by atoms with Crippen molar-refractivity contribution in [3.05, 3.63) is 46.3 Å². The summed E-state index contributed by atoms with van der Waals surface area (Å²) in [6.45, 7) is 3.52. The lowest BCUT2D eigenvalue weighted by Gasteiger charge is -2.17. The molecule has 1 aliphatic heterocycles. The number of carbonyl (C=O) groups is 1. The molecule has 26 heavy (non-hydrogen) atoms. The minimum atomic E-state index is -0.469. The summed E-state index contributed by atoms with van der Waals surface area (Å²) in [7, 11) is 0. The van der Waals surface area contributed by atoms with Crippen molar-refractivity contribution in [1.82, 2.24) is 9.97 Å². The fraction of sp³-hybridized carbons (Fsp3) is 0.353. The number of anilines is 3. The smallest absolute Gasteiger partial charge is 0.353 e. The van der Waals surface area contributed by atoms with Gasteiger partial charge in [-0.15, -0.1) is 0 Å². The van der Waals surface area contributed by atoms with Gasteiger partial charge in [-0.3, -0.25) is 10.1 Å². The molecule has 0 saturated carbocycles. The molecule has 1 fully saturated rings. The van der Waals surface area contributed by atoms with Gasteiger partial charge in [0.15, 0.2) is 0 Å². The maximum absolute atomic E-state index is 11.7. The van der Waals surface area contributed by atoms with E-state index >= 15 is 0 Å². The van der Waals surface area contributed by atoms with Gasteiger partial charge in [-0.2, -0.15) is 0 Å². The lowest BCUT2D eigenvalue weighted by Crippen LogP contribution is -2.21. The molecular formula is C17H19N5O4. The Kier molecular flexibility index (Phi) is 5.26. The summed E-state index contributed by atoms with van der Waals surface area (Å²) in [4.78, 5) is 32.9. The molecule has 1 aromatic heterocycles. The predicted octanol–water partition coefficient (Wildman–Crippen LogP) is 2.91. The number of nitrogens with zero attached hydrogens (tertiary/aromatic N) is 4. The molecule has 0 amide bonds. The van der Waals surface area contributed by atoms with Gasteiger partial charge in [0.2, 0.25) is 11.6 Å². The maximum atomic E-state index is 11.7. The molecular weight excluding hydrogens is 338 g/mol. The summed E-state index contributed by atoms with van der Waals surface area (Å²) >= 11 is 0. The van der Waals surface area contributed by atoms with Crippen molar-refractivity contribution in [2.45, 2.75) is 19.8 Å². The molecule has 2 aromatic rings. The van der Waals surface area contributed by atoms with Crippen LogP contribution in [0.4, 0.5) is 23.0 Å². The number of nitrogens with one attached hydrogen (secondary N) is 1. The van der Waals surface area contributed by atoms with Crippen LogP contribution in [0.15, 0.2) is 30.6 Å². The van der Waals surface area contributed by atoms with Gasteiger partial charge in [-0.1, -0.05) is 0 Å². The Labute approximate surface area is 150 Å². The molecule has 0 spiro atoms. The zero-order valence-corrected chi connectivity index (χ0v) is 14.3. The molecule has 0 unspecified atom stereocenters. The average Bonchev–Trinajstić information content (AvgIpc) is 3.16. The summed E-state index contributed by atoms with van der Waals surface area (Å²) < 4.78 is 4.93. The number of hydrogen-bond donors (Lipinski definition) is 1. The SMILES string of the molecule is CCOC(=O)c1ccc(Nc2ncnc(N3CCCC3)c2[N+](=O)[O-])cc1. The van der Waals surface area contributed by atoms with Crippen LogP contribution in [-0.4, -0.2) is 40.6 Å². The van der Waals surface area contributed by atoms with E-state index in [1.807, 2.05) is 4.90 Å². The van der Waals surface area contributed by atoms with Crippen LogP contribution in [0.5, 0.6) is 0 Å². The van der Waals surface area contributed by atoms with Gasteiger partial charge in [-0.25, -0.2) is 14.8 Å². The molecule has 2 heterocycles. The minimum absolute atomic E-state index is 0.121. The van der Waals surface area contributed by atoms with Crippen LogP contribution >= 0.6 is 0 Å². The highest BCUT2D eigenvalue weighted by Gasteiger charge is 2.28. The highest BCUT2D eigenvalue weighted by molar-refractivity contribution is 5.90. The normalized spacial score (nSPS) is 13.5. The first-order valence-corrected chi connectivity index (χ1v) is 8.38. The molecule has 1 aliphatic rings. The molecule has 0 aliphatic carbocycles. The van der Waals surface area contributed by atoms with Gasteiger partial charge in [0.05, 0.1) is 17.1 Å². The number of carbonyl (C=O) groups excluding carboxylic acids is 1. The summed E-state index contributed by atoms with van der Waals surface area (Å²) in [6.07, 6.45) is 3.29. The number of rotatable bonds is 6. The Morgan fingerprint density at radius 3 is 2.58 bits per heavy atom. The first-order valence-electron chi connectivity index (χ1n) is 8.38. The fourth-order valence-electron chi connectivity index (χ4n) is 2.83. The third-order valence-electron chi connectivity index (χ3n) is 4.05. The van der Waals surface area contributed by atoms with E-state index in [0.29, 0.717) is 23.7 Å². The van der Waals surface area contributed by atoms with Gasteiger partial charge in [0.25, 0.3) is 0 Å². The largest absolute Gasteiger partial charge is 0.462 e. The second-order valence-corrected chi connectivity index (χ2v) is 5.77. The highest BCUT2D eigenvalue weighted by atomic mass is 16.6. The third-order valence-corrected chi connectivity index (χ3v) is 4.05. The average molecular weight is 357 g/mol. The van der Waals surface area contributed by atoms with Crippen LogP contribution in [0.2, 0.25) is 0 Å². The maximum Gasteiger partial charge on any atom is 0.353 e. The Morgan fingerprint density at radius 1 is 1.27 bits per heavy atom. The van der Waals surface area contributed by atoms with E-state index in [4.69, 9.17) is 4.74 Å². The van der Waals surface area contributed by atoms with E-state index in [2.05, 4.69) is 15.3 Å². The summed E-state index contributed by atoms with van der Waals surface area (Å²) in [6, 6.07) is 6.48. The number of aromatic nitrogens is 2.